The molecule has 0 heterocycles. The molecule has 2 aromatic rings. The predicted molar refractivity (Wildman–Crippen MR) is 162 cm³/mol. The Morgan fingerprint density at radius 2 is 1.76 bits per heavy atom. The highest BCUT2D eigenvalue weighted by Crippen LogP contribution is 2.53. The Hall–Kier alpha value is -4.68. The van der Waals surface area contributed by atoms with Crippen molar-refractivity contribution in [2.45, 2.75) is 44.9 Å². The lowest BCUT2D eigenvalue weighted by molar-refractivity contribution is -0.148. The van der Waals surface area contributed by atoms with Gasteiger partial charge in [-0.25, -0.2) is 4.79 Å². The lowest BCUT2D eigenvalue weighted by atomic mass is 9.58. The van der Waals surface area contributed by atoms with Gasteiger partial charge in [0.1, 0.15) is 22.8 Å². The molecule has 3 aliphatic rings. The highest BCUT2D eigenvalue weighted by atomic mass is 16.5. The number of carbonyl (C=O) groups is 4. The first-order valence-corrected chi connectivity index (χ1v) is 14.7. The minimum Gasteiger partial charge on any atom is -0.510 e. The number of nitrogens with one attached hydrogen (secondary N) is 1. The molecule has 0 spiro atoms. The molecule has 0 saturated heterocycles. The smallest absolute Gasteiger partial charge is 0.407 e. The molecule has 0 bridgehead atoms. The number of phenols is 1. The molecule has 2 amide bonds. The van der Waals surface area contributed by atoms with E-state index in [-0.39, 0.29) is 42.2 Å². The van der Waals surface area contributed by atoms with Crippen LogP contribution < -0.4 is 11.1 Å². The Balaban J connectivity index is 1.51. The average molecular weight is 620 g/mol. The van der Waals surface area contributed by atoms with Crippen LogP contribution in [0.15, 0.2) is 59.1 Å². The van der Waals surface area contributed by atoms with Crippen LogP contribution >= 0.6 is 0 Å². The van der Waals surface area contributed by atoms with Gasteiger partial charge in [0.2, 0.25) is 5.78 Å². The van der Waals surface area contributed by atoms with Crippen molar-refractivity contribution >= 4 is 23.6 Å². The van der Waals surface area contributed by atoms with Crippen LogP contribution in [-0.4, -0.2) is 81.2 Å². The van der Waals surface area contributed by atoms with E-state index in [0.717, 1.165) is 11.1 Å². The van der Waals surface area contributed by atoms with E-state index in [4.69, 9.17) is 10.5 Å². The number of rotatable bonds is 7. The van der Waals surface area contributed by atoms with E-state index in [1.54, 1.807) is 20.2 Å². The number of benzene rings is 2. The zero-order valence-corrected chi connectivity index (χ0v) is 25.5. The second kappa shape index (κ2) is 11.7. The maximum atomic E-state index is 14.0. The second-order valence-electron chi connectivity index (χ2n) is 12.5. The number of hydrogen-bond donors (Lipinski definition) is 6. The lowest BCUT2D eigenvalue weighted by Gasteiger charge is -2.50. The Morgan fingerprint density at radius 3 is 2.36 bits per heavy atom. The molecule has 7 N–H and O–H groups in total. The molecule has 238 valence electrons. The first-order chi connectivity index (χ1) is 21.2. The highest BCUT2D eigenvalue weighted by molar-refractivity contribution is 6.24. The number of amides is 2. The first kappa shape index (κ1) is 31.7. The largest absolute Gasteiger partial charge is 0.510 e. The number of primary amides is 1. The summed E-state index contributed by atoms with van der Waals surface area (Å²) in [5.41, 5.74) is 4.30. The Labute approximate surface area is 259 Å². The summed E-state index contributed by atoms with van der Waals surface area (Å²) in [6.07, 6.45) is -0.349. The van der Waals surface area contributed by atoms with E-state index in [1.807, 2.05) is 38.1 Å². The molecule has 3 aliphatic carbocycles. The van der Waals surface area contributed by atoms with Gasteiger partial charge in [-0.1, -0.05) is 44.2 Å². The Morgan fingerprint density at radius 1 is 1.09 bits per heavy atom. The van der Waals surface area contributed by atoms with Gasteiger partial charge >= 0.3 is 6.09 Å². The molecule has 2 aromatic carbocycles. The van der Waals surface area contributed by atoms with Crippen molar-refractivity contribution in [3.05, 3.63) is 75.8 Å². The minimum absolute atomic E-state index is 0.00161. The van der Waals surface area contributed by atoms with E-state index in [1.165, 1.54) is 11.0 Å². The maximum Gasteiger partial charge on any atom is 0.407 e. The molecule has 0 saturated carbocycles. The summed E-state index contributed by atoms with van der Waals surface area (Å²) in [4.78, 5) is 53.0. The lowest BCUT2D eigenvalue weighted by Crippen LogP contribution is -2.63. The molecule has 0 aliphatic heterocycles. The van der Waals surface area contributed by atoms with Gasteiger partial charge in [-0.2, -0.15) is 0 Å². The number of allylic oxidation sites excluding steroid dienone is 1. The number of carbonyl (C=O) groups excluding carboxylic acids is 4. The quantitative estimate of drug-likeness (QED) is 0.250. The summed E-state index contributed by atoms with van der Waals surface area (Å²) in [5.74, 6) is -6.73. The zero-order chi connectivity index (χ0) is 33.0. The van der Waals surface area contributed by atoms with Crippen molar-refractivity contribution in [2.75, 3.05) is 20.7 Å². The van der Waals surface area contributed by atoms with E-state index in [2.05, 4.69) is 5.32 Å². The molecule has 45 heavy (non-hydrogen) atoms. The molecule has 12 nitrogen and oxygen atoms in total. The molecule has 0 radical (unpaired) electrons. The fourth-order valence-corrected chi connectivity index (χ4v) is 6.79. The van der Waals surface area contributed by atoms with Gasteiger partial charge in [0, 0.05) is 18.0 Å². The zero-order valence-electron chi connectivity index (χ0n) is 25.5. The van der Waals surface area contributed by atoms with Crippen molar-refractivity contribution in [1.29, 1.82) is 0 Å². The highest BCUT2D eigenvalue weighted by Gasteiger charge is 2.63. The van der Waals surface area contributed by atoms with Gasteiger partial charge < -0.3 is 36.2 Å². The van der Waals surface area contributed by atoms with Crippen LogP contribution in [0.3, 0.4) is 0 Å². The number of aliphatic hydroxyl groups excluding tert-OH is 2. The molecule has 4 atom stereocenters. The van der Waals surface area contributed by atoms with Crippen LogP contribution in [0, 0.1) is 17.8 Å². The number of phenolic OH excluding ortho intramolecular Hbond substituents is 1. The number of Topliss-reactive ketones (excluding diaryl/α,β-unsaturated/α-hetero) is 2. The van der Waals surface area contributed by atoms with Crippen LogP contribution in [-0.2, 0) is 27.3 Å². The summed E-state index contributed by atoms with van der Waals surface area (Å²) in [6, 6.07) is 9.28. The van der Waals surface area contributed by atoms with Crippen LogP contribution in [0.2, 0.25) is 0 Å². The summed E-state index contributed by atoms with van der Waals surface area (Å²) in [7, 11) is 3.16. The van der Waals surface area contributed by atoms with Gasteiger partial charge in [-0.15, -0.1) is 0 Å². The molecular formula is C33H37N3O9. The standard InChI is InChI=1S/C33H37N3O9/c1-15(2)14-45-32(43)35-13-16-5-7-17(8-6-16)19-9-10-22(37)24-20(19)11-18-12-21-26(36(3)4)28(39)25(31(34)42)30(41)33(21,44)29(40)23(18)27(24)38/h5-10,15,18,21,26,37,39-40,44H,11-14H2,1-4H3,(H2,34,42)(H,35,43)/t18-,21+,26-,33+/m0/s1. The molecule has 12 heteroatoms. The van der Waals surface area contributed by atoms with Crippen molar-refractivity contribution in [1.82, 2.24) is 10.2 Å². The van der Waals surface area contributed by atoms with Crippen molar-refractivity contribution < 1.29 is 44.3 Å². The number of fused-ring (bicyclic) bond motifs is 3. The molecule has 0 aromatic heterocycles. The van der Waals surface area contributed by atoms with Crippen LogP contribution in [0.4, 0.5) is 4.79 Å². The fraction of sp³-hybridized carbons (Fsp3) is 0.394. The van der Waals surface area contributed by atoms with Crippen molar-refractivity contribution in [3.63, 3.8) is 0 Å². The molecule has 5 rings (SSSR count). The van der Waals surface area contributed by atoms with Gasteiger partial charge in [-0.3, -0.25) is 19.3 Å². The second-order valence-corrected chi connectivity index (χ2v) is 12.5. The van der Waals surface area contributed by atoms with Crippen molar-refractivity contribution in [2.24, 2.45) is 23.5 Å². The van der Waals surface area contributed by atoms with Crippen LogP contribution in [0.1, 0.15) is 41.8 Å². The minimum atomic E-state index is -2.69. The van der Waals surface area contributed by atoms with Crippen LogP contribution in [0.5, 0.6) is 5.75 Å². The van der Waals surface area contributed by atoms with Crippen LogP contribution in [0.25, 0.3) is 11.1 Å². The molecule has 0 unspecified atom stereocenters. The van der Waals surface area contributed by atoms with Gasteiger partial charge in [0.25, 0.3) is 5.91 Å². The summed E-state index contributed by atoms with van der Waals surface area (Å²) < 4.78 is 5.14. The fourth-order valence-electron chi connectivity index (χ4n) is 6.79. The summed E-state index contributed by atoms with van der Waals surface area (Å²) in [6.45, 7) is 4.43. The Bertz CT molecular complexity index is 1660. The topological polar surface area (TPSA) is 200 Å². The number of hydrogen-bond acceptors (Lipinski definition) is 10. The van der Waals surface area contributed by atoms with Crippen molar-refractivity contribution in [3.8, 4) is 16.9 Å². The van der Waals surface area contributed by atoms with E-state index in [9.17, 15) is 39.6 Å². The number of ether oxygens (including phenoxy) is 1. The number of ketones is 2. The maximum absolute atomic E-state index is 14.0. The number of likely N-dealkylation sites (N-methyl/N-ethyl adjacent to an activating group) is 1. The number of alkyl carbamates (subject to hydrolysis) is 1. The third kappa shape index (κ3) is 5.23. The van der Waals surface area contributed by atoms with Gasteiger partial charge in [0.05, 0.1) is 18.2 Å². The Kier molecular flexibility index (Phi) is 8.23. The number of aliphatic hydroxyl groups is 3. The molecular weight excluding hydrogens is 582 g/mol. The van der Waals surface area contributed by atoms with Gasteiger partial charge in [0.15, 0.2) is 11.4 Å². The number of nitrogens with two attached hydrogens (primary N) is 1. The number of aromatic hydroxyl groups is 1. The third-order valence-corrected chi connectivity index (χ3v) is 8.86. The van der Waals surface area contributed by atoms with E-state index >= 15 is 0 Å². The summed E-state index contributed by atoms with van der Waals surface area (Å²) in [5, 5.41) is 47.7. The number of nitrogens with zero attached hydrogens (tertiary/aromatic N) is 1. The SMILES string of the molecule is CC(C)COC(=O)NCc1ccc(-c2ccc(O)c3c2C[C@H]2C[C@@H]4[C@H](N(C)C)C(O)=C(C(N)=O)C(=O)[C@]4(O)C(O)=C2C3=O)cc1. The van der Waals surface area contributed by atoms with Gasteiger partial charge in [-0.05, 0) is 67.1 Å². The van der Waals surface area contributed by atoms with E-state index in [0.29, 0.717) is 17.7 Å². The average Bonchev–Trinajstić information content (AvgIpc) is 2.97. The normalized spacial score (nSPS) is 24.4. The first-order valence-electron chi connectivity index (χ1n) is 14.7. The van der Waals surface area contributed by atoms with E-state index < -0.39 is 64.1 Å². The molecule has 0 fully saturated rings. The third-order valence-electron chi connectivity index (χ3n) is 8.86. The summed E-state index contributed by atoms with van der Waals surface area (Å²) >= 11 is 0. The predicted octanol–water partition coefficient (Wildman–Crippen LogP) is 2.67. The monoisotopic (exact) mass is 619 g/mol.